The summed E-state index contributed by atoms with van der Waals surface area (Å²) in [6.45, 7) is 9.82. The molecule has 0 spiro atoms. The third kappa shape index (κ3) is 8.93. The van der Waals surface area contributed by atoms with Crippen LogP contribution in [0.3, 0.4) is 0 Å². The smallest absolute Gasteiger partial charge is 0.243 e. The number of sulfonamides is 1. The van der Waals surface area contributed by atoms with Gasteiger partial charge in [0.05, 0.1) is 11.9 Å². The Labute approximate surface area is 214 Å². The van der Waals surface area contributed by atoms with Crippen molar-refractivity contribution in [2.75, 3.05) is 17.1 Å². The molecule has 2 rings (SSSR count). The number of hydrogen-bond acceptors (Lipinski definition) is 4. The van der Waals surface area contributed by atoms with E-state index >= 15 is 0 Å². The third-order valence-electron chi connectivity index (χ3n) is 5.59. The minimum absolute atomic E-state index is 0.0539. The molecule has 0 aromatic heterocycles. The van der Waals surface area contributed by atoms with Crippen molar-refractivity contribution in [1.29, 1.82) is 0 Å². The van der Waals surface area contributed by atoms with E-state index in [1.54, 1.807) is 4.90 Å². The van der Waals surface area contributed by atoms with Crippen molar-refractivity contribution in [3.05, 3.63) is 65.5 Å². The summed E-state index contributed by atoms with van der Waals surface area (Å²) in [4.78, 5) is 28.1. The van der Waals surface area contributed by atoms with Gasteiger partial charge in [-0.3, -0.25) is 13.9 Å². The fourth-order valence-corrected chi connectivity index (χ4v) is 4.96. The lowest BCUT2D eigenvalue weighted by Gasteiger charge is -2.33. The van der Waals surface area contributed by atoms with Crippen LogP contribution in [0.4, 0.5) is 10.1 Å². The Hall–Kier alpha value is -2.94. The summed E-state index contributed by atoms with van der Waals surface area (Å²) in [7, 11) is -3.64. The summed E-state index contributed by atoms with van der Waals surface area (Å²) in [6, 6.07) is 12.3. The average Bonchev–Trinajstić information content (AvgIpc) is 2.75. The van der Waals surface area contributed by atoms with Crippen LogP contribution in [0.5, 0.6) is 0 Å². The van der Waals surface area contributed by atoms with E-state index in [2.05, 4.69) is 5.32 Å². The normalized spacial score (nSPS) is 12.6. The molecular formula is C27H38FN3O4S. The van der Waals surface area contributed by atoms with Gasteiger partial charge in [0.25, 0.3) is 0 Å². The molecule has 7 nitrogen and oxygen atoms in total. The molecule has 0 aliphatic carbocycles. The summed E-state index contributed by atoms with van der Waals surface area (Å²) in [5.41, 5.74) is 1.84. The van der Waals surface area contributed by atoms with Gasteiger partial charge in [0.15, 0.2) is 0 Å². The number of rotatable bonds is 11. The first-order valence-electron chi connectivity index (χ1n) is 12.1. The molecule has 0 saturated carbocycles. The molecule has 0 unspecified atom stereocenters. The molecule has 9 heteroatoms. The fourth-order valence-electron chi connectivity index (χ4n) is 3.99. The van der Waals surface area contributed by atoms with Crippen molar-refractivity contribution in [1.82, 2.24) is 10.2 Å². The zero-order chi connectivity index (χ0) is 27.1. The van der Waals surface area contributed by atoms with E-state index in [1.807, 2.05) is 58.9 Å². The first-order chi connectivity index (χ1) is 16.7. The number of hydrogen-bond donors (Lipinski definition) is 1. The molecule has 2 aromatic rings. The quantitative estimate of drug-likeness (QED) is 0.477. The number of amides is 2. The van der Waals surface area contributed by atoms with Crippen molar-refractivity contribution >= 4 is 27.5 Å². The van der Waals surface area contributed by atoms with Gasteiger partial charge < -0.3 is 10.2 Å². The molecule has 0 heterocycles. The molecular weight excluding hydrogens is 481 g/mol. The van der Waals surface area contributed by atoms with Gasteiger partial charge in [-0.2, -0.15) is 0 Å². The van der Waals surface area contributed by atoms with Gasteiger partial charge in [-0.15, -0.1) is 0 Å². The Balaban J connectivity index is 2.23. The predicted molar refractivity (Wildman–Crippen MR) is 142 cm³/mol. The van der Waals surface area contributed by atoms with Gasteiger partial charge in [-0.05, 0) is 70.4 Å². The van der Waals surface area contributed by atoms with Crippen molar-refractivity contribution < 1.29 is 22.4 Å². The minimum Gasteiger partial charge on any atom is -0.350 e. The Morgan fingerprint density at radius 1 is 1.08 bits per heavy atom. The van der Waals surface area contributed by atoms with E-state index in [0.29, 0.717) is 12.1 Å². The van der Waals surface area contributed by atoms with E-state index in [-0.39, 0.29) is 37.7 Å². The molecule has 0 aliphatic rings. The first-order valence-corrected chi connectivity index (χ1v) is 14.0. The lowest BCUT2D eigenvalue weighted by Crippen LogP contribution is -2.53. The van der Waals surface area contributed by atoms with Crippen molar-refractivity contribution in [2.24, 2.45) is 0 Å². The van der Waals surface area contributed by atoms with E-state index in [4.69, 9.17) is 0 Å². The van der Waals surface area contributed by atoms with Gasteiger partial charge in [0.2, 0.25) is 21.8 Å². The highest BCUT2D eigenvalue weighted by Gasteiger charge is 2.30. The topological polar surface area (TPSA) is 86.8 Å². The summed E-state index contributed by atoms with van der Waals surface area (Å²) >= 11 is 0. The molecule has 1 N–H and O–H groups in total. The summed E-state index contributed by atoms with van der Waals surface area (Å²) in [5, 5.41) is 2.97. The second-order valence-corrected chi connectivity index (χ2v) is 12.0. The number of halogens is 1. The van der Waals surface area contributed by atoms with E-state index in [9.17, 15) is 22.4 Å². The third-order valence-corrected chi connectivity index (χ3v) is 6.78. The molecule has 0 aliphatic heterocycles. The predicted octanol–water partition coefficient (Wildman–Crippen LogP) is 4.40. The molecule has 0 radical (unpaired) electrons. The monoisotopic (exact) mass is 519 g/mol. The number of anilines is 1. The highest BCUT2D eigenvalue weighted by atomic mass is 32.2. The molecule has 2 aromatic carbocycles. The molecule has 198 valence electrons. The van der Waals surface area contributed by atoms with Crippen molar-refractivity contribution in [2.45, 2.75) is 72.0 Å². The molecule has 36 heavy (non-hydrogen) atoms. The molecule has 0 fully saturated rings. The highest BCUT2D eigenvalue weighted by Crippen LogP contribution is 2.20. The van der Waals surface area contributed by atoms with Crippen molar-refractivity contribution in [3.8, 4) is 0 Å². The summed E-state index contributed by atoms with van der Waals surface area (Å²) < 4.78 is 39.2. The molecule has 0 bridgehead atoms. The van der Waals surface area contributed by atoms with Gasteiger partial charge in [0.1, 0.15) is 11.9 Å². The molecule has 0 saturated heterocycles. The zero-order valence-corrected chi connectivity index (χ0v) is 22.9. The van der Waals surface area contributed by atoms with Crippen molar-refractivity contribution in [3.63, 3.8) is 0 Å². The van der Waals surface area contributed by atoms with Crippen LogP contribution in [0.1, 0.15) is 58.1 Å². The number of carbonyl (C=O) groups is 2. The van der Waals surface area contributed by atoms with E-state index in [1.165, 1.54) is 24.3 Å². The Kier molecular flexibility index (Phi) is 10.0. The first kappa shape index (κ1) is 29.3. The summed E-state index contributed by atoms with van der Waals surface area (Å²) in [6.07, 6.45) is 1.81. The van der Waals surface area contributed by atoms with Crippen LogP contribution in [0.2, 0.25) is 0 Å². The van der Waals surface area contributed by atoms with Gasteiger partial charge >= 0.3 is 0 Å². The molecule has 1 atom stereocenters. The Morgan fingerprint density at radius 2 is 1.72 bits per heavy atom. The maximum absolute atomic E-state index is 13.4. The van der Waals surface area contributed by atoms with Gasteiger partial charge in [-0.25, -0.2) is 12.8 Å². The maximum Gasteiger partial charge on any atom is 0.243 e. The van der Waals surface area contributed by atoms with E-state index < -0.39 is 27.4 Å². The van der Waals surface area contributed by atoms with Crippen LogP contribution in [0, 0.1) is 12.7 Å². The Morgan fingerprint density at radius 3 is 2.25 bits per heavy atom. The summed E-state index contributed by atoms with van der Waals surface area (Å²) in [5.74, 6) is -0.927. The lowest BCUT2D eigenvalue weighted by atomic mass is 10.0. The second kappa shape index (κ2) is 12.3. The number of carbonyl (C=O) groups excluding carboxylic acids is 2. The Bertz CT molecular complexity index is 1140. The average molecular weight is 520 g/mol. The fraction of sp³-hybridized carbons (Fsp3) is 0.481. The number of nitrogens with one attached hydrogen (secondary N) is 1. The van der Waals surface area contributed by atoms with E-state index in [0.717, 1.165) is 21.7 Å². The van der Waals surface area contributed by atoms with Gasteiger partial charge in [0, 0.05) is 25.0 Å². The number of benzene rings is 2. The zero-order valence-electron chi connectivity index (χ0n) is 22.0. The van der Waals surface area contributed by atoms with Crippen LogP contribution < -0.4 is 9.62 Å². The van der Waals surface area contributed by atoms with Gasteiger partial charge in [-0.1, -0.05) is 36.8 Å². The minimum atomic E-state index is -3.64. The number of nitrogens with zero attached hydrogens (tertiary/aromatic N) is 2. The van der Waals surface area contributed by atoms with Crippen LogP contribution in [-0.4, -0.2) is 49.5 Å². The second-order valence-electron chi connectivity index (χ2n) is 10.1. The molecule has 2 amide bonds. The van der Waals surface area contributed by atoms with Crippen LogP contribution in [0.15, 0.2) is 48.5 Å². The SMILES string of the molecule is CC[C@H](C(=O)NC(C)(C)C)N(Cc1cccc(C)c1)C(=O)CCCN(c1ccc(F)cc1)S(C)(=O)=O. The number of aryl methyl sites for hydroxylation is 1. The largest absolute Gasteiger partial charge is 0.350 e. The standard InChI is InChI=1S/C27H38FN3O4S/c1-7-24(26(33)29-27(3,4)5)30(19-21-11-8-10-20(2)18-21)25(32)12-9-17-31(36(6,34)35)23-15-13-22(28)14-16-23/h8,10-11,13-16,18,24H,7,9,12,17,19H2,1-6H3,(H,29,33)/t24-/m1/s1. The van der Waals surface area contributed by atoms with Crippen LogP contribution in [0.25, 0.3) is 0 Å². The van der Waals surface area contributed by atoms with Crippen LogP contribution in [-0.2, 0) is 26.2 Å². The van der Waals surface area contributed by atoms with Crippen LogP contribution >= 0.6 is 0 Å². The maximum atomic E-state index is 13.4. The highest BCUT2D eigenvalue weighted by molar-refractivity contribution is 7.92. The lowest BCUT2D eigenvalue weighted by molar-refractivity contribution is -0.142.